The van der Waals surface area contributed by atoms with Gasteiger partial charge in [-0.25, -0.2) is 4.98 Å². The lowest BCUT2D eigenvalue weighted by Crippen LogP contribution is -2.43. The predicted molar refractivity (Wildman–Crippen MR) is 107 cm³/mol. The summed E-state index contributed by atoms with van der Waals surface area (Å²) in [6.07, 6.45) is 2.19. The van der Waals surface area contributed by atoms with Crippen LogP contribution in [-0.2, 0) is 4.79 Å². The van der Waals surface area contributed by atoms with Gasteiger partial charge in [0, 0.05) is 37.0 Å². The molecule has 2 unspecified atom stereocenters. The van der Waals surface area contributed by atoms with Gasteiger partial charge in [-0.1, -0.05) is 0 Å². The standard InChI is InChI=1S/C21H23N5O2/c1-4-23-21(28)16-6-7-19-17(10-16)18(9-13(2)26(19)14(3)27)25-20-8-5-15(11-22)12-24-20/h5-8,10,12-13,18H,4,9H2,1-3H3,(H,23,28)(H,24,25). The summed E-state index contributed by atoms with van der Waals surface area (Å²) >= 11 is 0. The number of nitriles is 1. The van der Waals surface area contributed by atoms with Gasteiger partial charge in [0.05, 0.1) is 11.6 Å². The van der Waals surface area contributed by atoms with E-state index >= 15 is 0 Å². The van der Waals surface area contributed by atoms with Gasteiger partial charge in [0.2, 0.25) is 5.91 Å². The third-order valence-electron chi connectivity index (χ3n) is 4.83. The highest BCUT2D eigenvalue weighted by molar-refractivity contribution is 5.97. The molecular weight excluding hydrogens is 354 g/mol. The molecule has 0 bridgehead atoms. The van der Waals surface area contributed by atoms with Crippen LogP contribution in [0.4, 0.5) is 11.5 Å². The lowest BCUT2D eigenvalue weighted by molar-refractivity contribution is -0.117. The summed E-state index contributed by atoms with van der Waals surface area (Å²) in [5, 5.41) is 15.1. The van der Waals surface area contributed by atoms with Gasteiger partial charge in [-0.3, -0.25) is 9.59 Å². The number of carbonyl (C=O) groups excluding carboxylic acids is 2. The maximum Gasteiger partial charge on any atom is 0.251 e. The Morgan fingerprint density at radius 3 is 2.71 bits per heavy atom. The monoisotopic (exact) mass is 377 g/mol. The second-order valence-corrected chi connectivity index (χ2v) is 6.85. The number of rotatable bonds is 4. The van der Waals surface area contributed by atoms with Crippen LogP contribution in [0.3, 0.4) is 0 Å². The van der Waals surface area contributed by atoms with Crippen molar-refractivity contribution in [3.63, 3.8) is 0 Å². The number of nitrogens with one attached hydrogen (secondary N) is 2. The second-order valence-electron chi connectivity index (χ2n) is 6.85. The number of fused-ring (bicyclic) bond motifs is 1. The van der Waals surface area contributed by atoms with Crippen molar-refractivity contribution < 1.29 is 9.59 Å². The first-order chi connectivity index (χ1) is 13.4. The molecule has 2 amide bonds. The minimum absolute atomic E-state index is 0.00352. The summed E-state index contributed by atoms with van der Waals surface area (Å²) in [5.41, 5.74) is 2.72. The first kappa shape index (κ1) is 19.4. The molecule has 28 heavy (non-hydrogen) atoms. The summed E-state index contributed by atoms with van der Waals surface area (Å²) in [4.78, 5) is 30.6. The maximum atomic E-state index is 12.3. The minimum atomic E-state index is -0.145. The number of pyridine rings is 1. The Morgan fingerprint density at radius 2 is 2.11 bits per heavy atom. The smallest absolute Gasteiger partial charge is 0.251 e. The van der Waals surface area contributed by atoms with Crippen LogP contribution < -0.4 is 15.5 Å². The Hall–Kier alpha value is -3.40. The van der Waals surface area contributed by atoms with Crippen molar-refractivity contribution in [1.82, 2.24) is 10.3 Å². The molecule has 0 saturated heterocycles. The molecule has 1 aliphatic heterocycles. The van der Waals surface area contributed by atoms with Crippen LogP contribution in [0, 0.1) is 11.3 Å². The fourth-order valence-corrected chi connectivity index (χ4v) is 3.61. The van der Waals surface area contributed by atoms with Crippen LogP contribution in [0.5, 0.6) is 0 Å². The van der Waals surface area contributed by atoms with E-state index in [1.807, 2.05) is 26.0 Å². The average molecular weight is 377 g/mol. The molecule has 0 fully saturated rings. The first-order valence-electron chi connectivity index (χ1n) is 9.29. The van der Waals surface area contributed by atoms with Crippen molar-refractivity contribution in [1.29, 1.82) is 5.26 Å². The van der Waals surface area contributed by atoms with Gasteiger partial charge < -0.3 is 15.5 Å². The van der Waals surface area contributed by atoms with Crippen molar-refractivity contribution >= 4 is 23.3 Å². The topological polar surface area (TPSA) is 98.1 Å². The van der Waals surface area contributed by atoms with E-state index in [2.05, 4.69) is 21.7 Å². The SMILES string of the molecule is CCNC(=O)c1ccc2c(c1)C(Nc1ccc(C#N)cn1)CC(C)N2C(C)=O. The minimum Gasteiger partial charge on any atom is -0.363 e. The number of carbonyl (C=O) groups is 2. The van der Waals surface area contributed by atoms with Gasteiger partial charge in [0.25, 0.3) is 5.91 Å². The first-order valence-corrected chi connectivity index (χ1v) is 9.29. The molecule has 0 saturated carbocycles. The molecule has 1 aliphatic rings. The Kier molecular flexibility index (Phi) is 5.59. The van der Waals surface area contributed by atoms with E-state index in [9.17, 15) is 9.59 Å². The van der Waals surface area contributed by atoms with Crippen molar-refractivity contribution in [2.45, 2.75) is 39.3 Å². The van der Waals surface area contributed by atoms with E-state index in [0.717, 1.165) is 11.3 Å². The number of hydrogen-bond donors (Lipinski definition) is 2. The van der Waals surface area contributed by atoms with Gasteiger partial charge >= 0.3 is 0 Å². The molecular formula is C21H23N5O2. The summed E-state index contributed by atoms with van der Waals surface area (Å²) in [5.74, 6) is 0.463. The van der Waals surface area contributed by atoms with Crippen molar-refractivity contribution in [2.24, 2.45) is 0 Å². The molecule has 1 aromatic carbocycles. The quantitative estimate of drug-likeness (QED) is 0.853. The number of amides is 2. The highest BCUT2D eigenvalue weighted by atomic mass is 16.2. The molecule has 0 radical (unpaired) electrons. The van der Waals surface area contributed by atoms with E-state index in [0.29, 0.717) is 29.9 Å². The van der Waals surface area contributed by atoms with Gasteiger partial charge in [-0.2, -0.15) is 5.26 Å². The summed E-state index contributed by atoms with van der Waals surface area (Å²) in [7, 11) is 0. The predicted octanol–water partition coefficient (Wildman–Crippen LogP) is 3.00. The van der Waals surface area contributed by atoms with Gasteiger partial charge in [-0.15, -0.1) is 0 Å². The molecule has 7 nitrogen and oxygen atoms in total. The van der Waals surface area contributed by atoms with Gasteiger partial charge in [0.15, 0.2) is 0 Å². The number of anilines is 2. The van der Waals surface area contributed by atoms with E-state index in [-0.39, 0.29) is 23.9 Å². The molecule has 2 aromatic rings. The Morgan fingerprint density at radius 1 is 1.32 bits per heavy atom. The fourth-order valence-electron chi connectivity index (χ4n) is 3.61. The molecule has 3 rings (SSSR count). The van der Waals surface area contributed by atoms with Crippen LogP contribution in [0.25, 0.3) is 0 Å². The molecule has 7 heteroatoms. The van der Waals surface area contributed by atoms with Crippen molar-refractivity contribution in [3.8, 4) is 6.07 Å². The number of benzene rings is 1. The van der Waals surface area contributed by atoms with Gasteiger partial charge in [-0.05, 0) is 56.2 Å². The van der Waals surface area contributed by atoms with Crippen LogP contribution in [-0.4, -0.2) is 29.4 Å². The van der Waals surface area contributed by atoms with Gasteiger partial charge in [0.1, 0.15) is 11.9 Å². The largest absolute Gasteiger partial charge is 0.363 e. The third kappa shape index (κ3) is 3.81. The molecule has 0 spiro atoms. The highest BCUT2D eigenvalue weighted by Gasteiger charge is 2.33. The lowest BCUT2D eigenvalue weighted by Gasteiger charge is -2.39. The Bertz CT molecular complexity index is 933. The van der Waals surface area contributed by atoms with E-state index in [1.54, 1.807) is 30.0 Å². The third-order valence-corrected chi connectivity index (χ3v) is 4.83. The van der Waals surface area contributed by atoms with Crippen LogP contribution in [0.15, 0.2) is 36.5 Å². The number of nitrogens with zero attached hydrogens (tertiary/aromatic N) is 3. The average Bonchev–Trinajstić information content (AvgIpc) is 2.68. The zero-order valence-corrected chi connectivity index (χ0v) is 16.2. The lowest BCUT2D eigenvalue weighted by atomic mass is 9.90. The zero-order chi connectivity index (χ0) is 20.3. The Balaban J connectivity index is 2.00. The van der Waals surface area contributed by atoms with Crippen LogP contribution >= 0.6 is 0 Å². The molecule has 144 valence electrons. The van der Waals surface area contributed by atoms with E-state index in [1.165, 1.54) is 6.20 Å². The molecule has 1 aromatic heterocycles. The fraction of sp³-hybridized carbons (Fsp3) is 0.333. The number of hydrogen-bond acceptors (Lipinski definition) is 5. The number of aromatic nitrogens is 1. The van der Waals surface area contributed by atoms with E-state index in [4.69, 9.17) is 5.26 Å². The van der Waals surface area contributed by atoms with Crippen molar-refractivity contribution in [2.75, 3.05) is 16.8 Å². The highest BCUT2D eigenvalue weighted by Crippen LogP contribution is 2.39. The molecule has 2 N–H and O–H groups in total. The Labute approximate surface area is 164 Å². The summed E-state index contributed by atoms with van der Waals surface area (Å²) < 4.78 is 0. The summed E-state index contributed by atoms with van der Waals surface area (Å²) in [6.45, 7) is 5.97. The second kappa shape index (κ2) is 8.09. The van der Waals surface area contributed by atoms with Crippen LogP contribution in [0.2, 0.25) is 0 Å². The molecule has 0 aliphatic carbocycles. The maximum absolute atomic E-state index is 12.3. The molecule has 2 heterocycles. The van der Waals surface area contributed by atoms with Crippen LogP contribution in [0.1, 0.15) is 54.7 Å². The molecule has 2 atom stereocenters. The van der Waals surface area contributed by atoms with Crippen molar-refractivity contribution in [3.05, 3.63) is 53.2 Å². The zero-order valence-electron chi connectivity index (χ0n) is 16.2. The van der Waals surface area contributed by atoms with E-state index < -0.39 is 0 Å². The normalized spacial score (nSPS) is 18.0. The summed E-state index contributed by atoms with van der Waals surface area (Å²) in [6, 6.07) is 10.8.